The molecule has 4 nitrogen and oxygen atoms in total. The molecule has 1 aromatic rings. The molecule has 0 fully saturated rings. The number of hydrogen-bond acceptors (Lipinski definition) is 4. The number of esters is 1. The first-order valence-electron chi connectivity index (χ1n) is 4.34. The molecule has 4 heteroatoms. The molecule has 0 unspecified atom stereocenters. The second-order valence-electron chi connectivity index (χ2n) is 2.49. The van der Waals surface area contributed by atoms with Gasteiger partial charge in [-0.1, -0.05) is 18.2 Å². The SMILES string of the molecule is CCOC(=O)C=NNc1ccccc1. The maximum atomic E-state index is 10.8. The molecule has 1 N–H and O–H groups in total. The Bertz CT molecular complexity index is 309. The third kappa shape index (κ3) is 3.71. The van der Waals surface area contributed by atoms with Crippen molar-refractivity contribution in [3.8, 4) is 0 Å². The number of para-hydroxylation sites is 1. The molecule has 1 rings (SSSR count). The van der Waals surface area contributed by atoms with E-state index in [0.717, 1.165) is 11.9 Å². The third-order valence-corrected chi connectivity index (χ3v) is 1.42. The number of hydrogen-bond donors (Lipinski definition) is 1. The van der Waals surface area contributed by atoms with Crippen LogP contribution in [0.25, 0.3) is 0 Å². The fourth-order valence-electron chi connectivity index (χ4n) is 0.852. The van der Waals surface area contributed by atoms with Gasteiger partial charge in [-0.2, -0.15) is 5.10 Å². The van der Waals surface area contributed by atoms with Gasteiger partial charge in [0.1, 0.15) is 6.21 Å². The van der Waals surface area contributed by atoms with Gasteiger partial charge in [0.15, 0.2) is 0 Å². The number of rotatable bonds is 4. The summed E-state index contributed by atoms with van der Waals surface area (Å²) in [6, 6.07) is 9.36. The van der Waals surface area contributed by atoms with E-state index in [0.29, 0.717) is 6.61 Å². The molecule has 0 amide bonds. The van der Waals surface area contributed by atoms with Gasteiger partial charge in [0.25, 0.3) is 0 Å². The molecular formula is C10H12N2O2. The predicted molar refractivity (Wildman–Crippen MR) is 55.2 cm³/mol. The van der Waals surface area contributed by atoms with Crippen molar-refractivity contribution in [2.24, 2.45) is 5.10 Å². The van der Waals surface area contributed by atoms with Gasteiger partial charge in [-0.15, -0.1) is 0 Å². The summed E-state index contributed by atoms with van der Waals surface area (Å²) in [6.45, 7) is 2.10. The van der Waals surface area contributed by atoms with Crippen molar-refractivity contribution < 1.29 is 9.53 Å². The number of nitrogens with one attached hydrogen (secondary N) is 1. The molecule has 0 radical (unpaired) electrons. The van der Waals surface area contributed by atoms with Gasteiger partial charge in [-0.05, 0) is 19.1 Å². The van der Waals surface area contributed by atoms with Crippen molar-refractivity contribution in [2.45, 2.75) is 6.92 Å². The van der Waals surface area contributed by atoms with Crippen LogP contribution >= 0.6 is 0 Å². The largest absolute Gasteiger partial charge is 0.462 e. The lowest BCUT2D eigenvalue weighted by atomic mass is 10.3. The van der Waals surface area contributed by atoms with Gasteiger partial charge < -0.3 is 4.74 Å². The highest BCUT2D eigenvalue weighted by Gasteiger charge is 1.93. The Labute approximate surface area is 82.6 Å². The number of carbonyl (C=O) groups is 1. The van der Waals surface area contributed by atoms with E-state index in [1.165, 1.54) is 0 Å². The minimum Gasteiger partial charge on any atom is -0.462 e. The molecular weight excluding hydrogens is 180 g/mol. The van der Waals surface area contributed by atoms with Gasteiger partial charge in [0.05, 0.1) is 12.3 Å². The molecule has 0 aliphatic rings. The first-order valence-corrected chi connectivity index (χ1v) is 4.34. The van der Waals surface area contributed by atoms with Crippen molar-refractivity contribution in [3.63, 3.8) is 0 Å². The Balaban J connectivity index is 2.37. The minimum atomic E-state index is -0.448. The van der Waals surface area contributed by atoms with Gasteiger partial charge in [-0.25, -0.2) is 4.79 Å². The number of carbonyl (C=O) groups excluding carboxylic acids is 1. The van der Waals surface area contributed by atoms with Crippen LogP contribution in [0, 0.1) is 0 Å². The van der Waals surface area contributed by atoms with E-state index < -0.39 is 5.97 Å². The maximum Gasteiger partial charge on any atom is 0.351 e. The highest BCUT2D eigenvalue weighted by atomic mass is 16.5. The Morgan fingerprint density at radius 3 is 2.86 bits per heavy atom. The number of hydrazone groups is 1. The zero-order valence-corrected chi connectivity index (χ0v) is 7.93. The van der Waals surface area contributed by atoms with Crippen molar-refractivity contribution in [1.82, 2.24) is 0 Å². The Hall–Kier alpha value is -1.84. The van der Waals surface area contributed by atoms with Gasteiger partial charge in [0.2, 0.25) is 0 Å². The second-order valence-corrected chi connectivity index (χ2v) is 2.49. The standard InChI is InChI=1S/C10H12N2O2/c1-2-14-10(13)8-11-12-9-6-4-3-5-7-9/h3-8,12H,2H2,1H3. The van der Waals surface area contributed by atoms with Gasteiger partial charge in [0, 0.05) is 0 Å². The summed E-state index contributed by atoms with van der Waals surface area (Å²) in [7, 11) is 0. The van der Waals surface area contributed by atoms with Crippen LogP contribution in [0.3, 0.4) is 0 Å². The molecule has 1 aromatic carbocycles. The zero-order valence-electron chi connectivity index (χ0n) is 7.93. The molecule has 0 aliphatic heterocycles. The molecule has 0 bridgehead atoms. The van der Waals surface area contributed by atoms with Crippen molar-refractivity contribution in [2.75, 3.05) is 12.0 Å². The molecule has 0 saturated carbocycles. The lowest BCUT2D eigenvalue weighted by Gasteiger charge is -1.98. The van der Waals surface area contributed by atoms with Gasteiger partial charge >= 0.3 is 5.97 Å². The number of ether oxygens (including phenoxy) is 1. The lowest BCUT2D eigenvalue weighted by molar-refractivity contribution is -0.134. The monoisotopic (exact) mass is 192 g/mol. The molecule has 0 atom stereocenters. The summed E-state index contributed by atoms with van der Waals surface area (Å²) in [5.74, 6) is -0.448. The molecule has 74 valence electrons. The summed E-state index contributed by atoms with van der Waals surface area (Å²) >= 11 is 0. The smallest absolute Gasteiger partial charge is 0.351 e. The summed E-state index contributed by atoms with van der Waals surface area (Å²) in [5.41, 5.74) is 3.53. The van der Waals surface area contributed by atoms with Crippen LogP contribution in [-0.2, 0) is 9.53 Å². The van der Waals surface area contributed by atoms with E-state index in [2.05, 4.69) is 15.3 Å². The fraction of sp³-hybridized carbons (Fsp3) is 0.200. The van der Waals surface area contributed by atoms with Crippen LogP contribution in [0.4, 0.5) is 5.69 Å². The number of benzene rings is 1. The predicted octanol–water partition coefficient (Wildman–Crippen LogP) is 1.65. The van der Waals surface area contributed by atoms with E-state index in [-0.39, 0.29) is 0 Å². The van der Waals surface area contributed by atoms with Gasteiger partial charge in [-0.3, -0.25) is 5.43 Å². The molecule has 0 heterocycles. The summed E-state index contributed by atoms with van der Waals surface area (Å²) in [6.07, 6.45) is 1.11. The molecule has 14 heavy (non-hydrogen) atoms. The minimum absolute atomic E-state index is 0.357. The third-order valence-electron chi connectivity index (χ3n) is 1.42. The zero-order chi connectivity index (χ0) is 10.2. The Morgan fingerprint density at radius 2 is 2.21 bits per heavy atom. The van der Waals surface area contributed by atoms with Crippen LogP contribution in [0.1, 0.15) is 6.92 Å². The van der Waals surface area contributed by atoms with Crippen LogP contribution in [-0.4, -0.2) is 18.8 Å². The fourth-order valence-corrected chi connectivity index (χ4v) is 0.852. The Morgan fingerprint density at radius 1 is 1.50 bits per heavy atom. The first-order chi connectivity index (χ1) is 6.83. The van der Waals surface area contributed by atoms with E-state index in [1.807, 2.05) is 30.3 Å². The maximum absolute atomic E-state index is 10.8. The average Bonchev–Trinajstić information content (AvgIpc) is 2.20. The number of nitrogens with zero attached hydrogens (tertiary/aromatic N) is 1. The highest BCUT2D eigenvalue weighted by molar-refractivity contribution is 6.23. The number of anilines is 1. The summed E-state index contributed by atoms with van der Waals surface area (Å²) < 4.78 is 4.65. The van der Waals surface area contributed by atoms with Crippen LogP contribution < -0.4 is 5.43 Å². The van der Waals surface area contributed by atoms with E-state index in [9.17, 15) is 4.79 Å². The van der Waals surface area contributed by atoms with E-state index in [4.69, 9.17) is 0 Å². The molecule has 0 saturated heterocycles. The molecule has 0 aliphatic carbocycles. The summed E-state index contributed by atoms with van der Waals surface area (Å²) in [5, 5.41) is 3.71. The second kappa shape index (κ2) is 5.75. The Kier molecular flexibility index (Phi) is 4.20. The van der Waals surface area contributed by atoms with E-state index >= 15 is 0 Å². The lowest BCUT2D eigenvalue weighted by Crippen LogP contribution is -2.06. The normalized spacial score (nSPS) is 10.1. The molecule has 0 spiro atoms. The highest BCUT2D eigenvalue weighted by Crippen LogP contribution is 2.03. The first kappa shape index (κ1) is 10.2. The average molecular weight is 192 g/mol. The van der Waals surface area contributed by atoms with Crippen molar-refractivity contribution in [1.29, 1.82) is 0 Å². The van der Waals surface area contributed by atoms with E-state index in [1.54, 1.807) is 6.92 Å². The van der Waals surface area contributed by atoms with Crippen LogP contribution in [0.15, 0.2) is 35.4 Å². The molecule has 0 aromatic heterocycles. The van der Waals surface area contributed by atoms with Crippen molar-refractivity contribution >= 4 is 17.9 Å². The van der Waals surface area contributed by atoms with Crippen LogP contribution in [0.5, 0.6) is 0 Å². The topological polar surface area (TPSA) is 50.7 Å². The summed E-state index contributed by atoms with van der Waals surface area (Å²) in [4.78, 5) is 10.8. The quantitative estimate of drug-likeness (QED) is 0.448. The van der Waals surface area contributed by atoms with Crippen molar-refractivity contribution in [3.05, 3.63) is 30.3 Å². The van der Waals surface area contributed by atoms with Crippen LogP contribution in [0.2, 0.25) is 0 Å².